The quantitative estimate of drug-likeness (QED) is 0.525. The van der Waals surface area contributed by atoms with Gasteiger partial charge in [0.1, 0.15) is 11.1 Å². The molecule has 3 rings (SSSR count). The van der Waals surface area contributed by atoms with Gasteiger partial charge < -0.3 is 0 Å². The molecule has 0 aliphatic heterocycles. The minimum absolute atomic E-state index is 0.0656. The molecular formula is C21H22FNO4S3. The maximum atomic E-state index is 13.3. The Morgan fingerprint density at radius 1 is 0.967 bits per heavy atom. The molecule has 160 valence electrons. The number of hydrogen-bond donors (Lipinski definition) is 1. The van der Waals surface area contributed by atoms with Crippen LogP contribution in [0.4, 0.5) is 4.39 Å². The Labute approximate surface area is 180 Å². The number of sulfonamides is 1. The first kappa shape index (κ1) is 22.6. The van der Waals surface area contributed by atoms with E-state index in [1.807, 2.05) is 6.92 Å². The minimum Gasteiger partial charge on any atom is -0.223 e. The number of nitrogens with one attached hydrogen (secondary N) is 1. The molecule has 1 aromatic heterocycles. The van der Waals surface area contributed by atoms with Gasteiger partial charge in [-0.1, -0.05) is 23.8 Å². The second kappa shape index (κ2) is 8.58. The Morgan fingerprint density at radius 3 is 2.10 bits per heavy atom. The van der Waals surface area contributed by atoms with Crippen molar-refractivity contribution in [1.29, 1.82) is 0 Å². The van der Waals surface area contributed by atoms with Crippen LogP contribution in [0.1, 0.15) is 26.8 Å². The van der Waals surface area contributed by atoms with Crippen molar-refractivity contribution in [2.45, 2.75) is 35.8 Å². The molecule has 0 aliphatic rings. The summed E-state index contributed by atoms with van der Waals surface area (Å²) in [5.74, 6) is -0.548. The van der Waals surface area contributed by atoms with E-state index in [2.05, 4.69) is 4.72 Å². The zero-order valence-corrected chi connectivity index (χ0v) is 19.2. The number of halogens is 1. The zero-order chi connectivity index (χ0) is 22.1. The third kappa shape index (κ3) is 4.64. The number of rotatable bonds is 7. The van der Waals surface area contributed by atoms with Gasteiger partial charge in [-0.2, -0.15) is 0 Å². The highest BCUT2D eigenvalue weighted by atomic mass is 32.2. The molecule has 0 bridgehead atoms. The molecule has 30 heavy (non-hydrogen) atoms. The second-order valence-electron chi connectivity index (χ2n) is 7.08. The van der Waals surface area contributed by atoms with Gasteiger partial charge in [0.25, 0.3) is 0 Å². The van der Waals surface area contributed by atoms with Crippen molar-refractivity contribution in [1.82, 2.24) is 4.72 Å². The van der Waals surface area contributed by atoms with Gasteiger partial charge in [-0.25, -0.2) is 25.9 Å². The molecular weight excluding hydrogens is 445 g/mol. The van der Waals surface area contributed by atoms with Crippen LogP contribution in [0.2, 0.25) is 0 Å². The highest BCUT2D eigenvalue weighted by molar-refractivity contribution is 7.92. The van der Waals surface area contributed by atoms with E-state index in [1.54, 1.807) is 43.5 Å². The molecule has 0 spiro atoms. The first-order valence-corrected chi connectivity index (χ1v) is 13.0. The summed E-state index contributed by atoms with van der Waals surface area (Å²) in [7, 11) is -7.90. The van der Waals surface area contributed by atoms with E-state index in [9.17, 15) is 21.2 Å². The molecule has 1 heterocycles. The van der Waals surface area contributed by atoms with Crippen molar-refractivity contribution in [3.63, 3.8) is 0 Å². The van der Waals surface area contributed by atoms with Crippen LogP contribution in [0.25, 0.3) is 0 Å². The molecule has 1 atom stereocenters. The van der Waals surface area contributed by atoms with Crippen LogP contribution >= 0.6 is 11.3 Å². The summed E-state index contributed by atoms with van der Waals surface area (Å²) in [5, 5.41) is 0.592. The highest BCUT2D eigenvalue weighted by Gasteiger charge is 2.32. The fraction of sp³-hybridized carbons (Fsp3) is 0.238. The number of aryl methyl sites for hydroxylation is 3. The van der Waals surface area contributed by atoms with Crippen molar-refractivity contribution in [2.24, 2.45) is 0 Å². The zero-order valence-electron chi connectivity index (χ0n) is 16.7. The van der Waals surface area contributed by atoms with Crippen LogP contribution in [-0.4, -0.2) is 23.4 Å². The normalized spacial score (nSPS) is 13.3. The SMILES string of the molecule is Cc1cc(C)c(S(=O)(=O)NCC(c2cccs2)S(=O)(=O)c2ccc(F)cc2)c(C)c1. The van der Waals surface area contributed by atoms with E-state index in [0.29, 0.717) is 16.0 Å². The summed E-state index contributed by atoms with van der Waals surface area (Å²) in [6.45, 7) is 4.96. The van der Waals surface area contributed by atoms with Gasteiger partial charge in [0.2, 0.25) is 10.0 Å². The lowest BCUT2D eigenvalue weighted by atomic mass is 10.1. The summed E-state index contributed by atoms with van der Waals surface area (Å²) >= 11 is 1.22. The molecule has 3 aromatic rings. The Kier molecular flexibility index (Phi) is 6.47. The van der Waals surface area contributed by atoms with Crippen molar-refractivity contribution < 1.29 is 21.2 Å². The Hall–Kier alpha value is -2.07. The molecule has 0 radical (unpaired) electrons. The van der Waals surface area contributed by atoms with Gasteiger partial charge in [0.15, 0.2) is 9.84 Å². The van der Waals surface area contributed by atoms with E-state index in [-0.39, 0.29) is 16.3 Å². The van der Waals surface area contributed by atoms with Crippen molar-refractivity contribution >= 4 is 31.2 Å². The van der Waals surface area contributed by atoms with Crippen LogP contribution < -0.4 is 4.72 Å². The van der Waals surface area contributed by atoms with Gasteiger partial charge in [-0.05, 0) is 67.6 Å². The lowest BCUT2D eigenvalue weighted by Gasteiger charge is -2.19. The predicted molar refractivity (Wildman–Crippen MR) is 116 cm³/mol. The van der Waals surface area contributed by atoms with Gasteiger partial charge >= 0.3 is 0 Å². The van der Waals surface area contributed by atoms with Crippen LogP contribution in [0.5, 0.6) is 0 Å². The van der Waals surface area contributed by atoms with Gasteiger partial charge in [0.05, 0.1) is 9.79 Å². The molecule has 0 fully saturated rings. The Morgan fingerprint density at radius 2 is 1.57 bits per heavy atom. The largest absolute Gasteiger partial charge is 0.241 e. The predicted octanol–water partition coefficient (Wildman–Crippen LogP) is 4.31. The first-order valence-electron chi connectivity index (χ1n) is 9.13. The smallest absolute Gasteiger partial charge is 0.223 e. The maximum Gasteiger partial charge on any atom is 0.241 e. The topological polar surface area (TPSA) is 80.3 Å². The minimum atomic E-state index is -3.96. The molecule has 9 heteroatoms. The van der Waals surface area contributed by atoms with E-state index in [0.717, 1.165) is 17.7 Å². The molecule has 2 aromatic carbocycles. The van der Waals surface area contributed by atoms with Crippen molar-refractivity contribution in [2.75, 3.05) is 6.54 Å². The molecule has 0 saturated carbocycles. The third-order valence-electron chi connectivity index (χ3n) is 4.71. The monoisotopic (exact) mass is 467 g/mol. The highest BCUT2D eigenvalue weighted by Crippen LogP contribution is 2.32. The van der Waals surface area contributed by atoms with E-state index in [1.165, 1.54) is 23.5 Å². The van der Waals surface area contributed by atoms with Crippen LogP contribution in [0.15, 0.2) is 63.7 Å². The van der Waals surface area contributed by atoms with Gasteiger partial charge in [-0.15, -0.1) is 11.3 Å². The Bertz CT molecular complexity index is 1230. The lowest BCUT2D eigenvalue weighted by molar-refractivity contribution is 0.568. The average Bonchev–Trinajstić information content (AvgIpc) is 3.15. The number of sulfone groups is 1. The van der Waals surface area contributed by atoms with Crippen LogP contribution in [-0.2, 0) is 19.9 Å². The second-order valence-corrected chi connectivity index (χ2v) is 11.9. The number of hydrogen-bond acceptors (Lipinski definition) is 5. The van der Waals surface area contributed by atoms with E-state index >= 15 is 0 Å². The summed E-state index contributed by atoms with van der Waals surface area (Å²) in [4.78, 5) is 0.584. The van der Waals surface area contributed by atoms with E-state index < -0.39 is 30.9 Å². The summed E-state index contributed by atoms with van der Waals surface area (Å²) in [6.07, 6.45) is 0. The number of benzene rings is 2. The van der Waals surface area contributed by atoms with Crippen molar-refractivity contribution in [3.8, 4) is 0 Å². The lowest BCUT2D eigenvalue weighted by Crippen LogP contribution is -2.32. The molecule has 1 N–H and O–H groups in total. The fourth-order valence-corrected chi connectivity index (χ4v) is 7.86. The first-order chi connectivity index (χ1) is 14.0. The summed E-state index contributed by atoms with van der Waals surface area (Å²) in [6, 6.07) is 11.4. The summed E-state index contributed by atoms with van der Waals surface area (Å²) < 4.78 is 68.2. The molecule has 5 nitrogen and oxygen atoms in total. The van der Waals surface area contributed by atoms with Gasteiger partial charge in [0, 0.05) is 11.4 Å². The van der Waals surface area contributed by atoms with E-state index in [4.69, 9.17) is 0 Å². The standard InChI is InChI=1S/C21H22FNO4S3/c1-14-11-15(2)21(16(3)12-14)30(26,27)23-13-20(19-5-4-10-28-19)29(24,25)18-8-6-17(22)7-9-18/h4-12,20,23H,13H2,1-3H3. The molecule has 0 aliphatic carbocycles. The average molecular weight is 468 g/mol. The maximum absolute atomic E-state index is 13.3. The third-order valence-corrected chi connectivity index (χ3v) is 9.67. The number of thiophene rings is 1. The van der Waals surface area contributed by atoms with Gasteiger partial charge in [-0.3, -0.25) is 0 Å². The fourth-order valence-electron chi connectivity index (χ4n) is 3.47. The Balaban J connectivity index is 1.97. The van der Waals surface area contributed by atoms with Crippen LogP contribution in [0, 0.1) is 26.6 Å². The molecule has 0 amide bonds. The molecule has 1 unspecified atom stereocenters. The summed E-state index contributed by atoms with van der Waals surface area (Å²) in [5.41, 5.74) is 2.13. The van der Waals surface area contributed by atoms with Crippen LogP contribution in [0.3, 0.4) is 0 Å². The van der Waals surface area contributed by atoms with Crippen molar-refractivity contribution in [3.05, 3.63) is 81.3 Å². The molecule has 0 saturated heterocycles.